The van der Waals surface area contributed by atoms with E-state index in [0.29, 0.717) is 35.3 Å². The number of ether oxygens (including phenoxy) is 2. The molecule has 0 unspecified atom stereocenters. The van der Waals surface area contributed by atoms with Gasteiger partial charge in [0.05, 0.1) is 11.4 Å². The van der Waals surface area contributed by atoms with Crippen molar-refractivity contribution in [2.24, 2.45) is 0 Å². The van der Waals surface area contributed by atoms with E-state index >= 15 is 0 Å². The van der Waals surface area contributed by atoms with E-state index in [1.807, 2.05) is 0 Å². The monoisotopic (exact) mass is 509 g/mol. The van der Waals surface area contributed by atoms with Crippen LogP contribution in [0.2, 0.25) is 5.02 Å². The molecule has 2 amide bonds. The minimum atomic E-state index is -3.83. The van der Waals surface area contributed by atoms with Crippen LogP contribution in [0.3, 0.4) is 0 Å². The second kappa shape index (κ2) is 11.0. The van der Waals surface area contributed by atoms with Crippen molar-refractivity contribution in [2.75, 3.05) is 36.9 Å². The van der Waals surface area contributed by atoms with Crippen molar-refractivity contribution in [3.05, 3.63) is 53.1 Å². The Bertz CT molecular complexity index is 1160. The number of carbonyl (C=O) groups excluding carboxylic acids is 2. The van der Waals surface area contributed by atoms with Crippen LogP contribution >= 0.6 is 11.6 Å². The highest BCUT2D eigenvalue weighted by Gasteiger charge is 2.31. The standard InChI is InChI=1S/C23H28ClN3O6S/c1-4-34(30,31)27(19-8-9-20-21(13-19)33-11-10-32-20)15-22(28)26(16(2)23(29)25-3)14-17-6-5-7-18(24)12-17/h5-9,12-13,16H,4,10-11,14-15H2,1-3H3,(H,25,29)/t16-/m1/s1. The summed E-state index contributed by atoms with van der Waals surface area (Å²) < 4.78 is 38.1. The zero-order valence-electron chi connectivity index (χ0n) is 19.3. The number of anilines is 1. The molecule has 0 aromatic heterocycles. The van der Waals surface area contributed by atoms with Crippen molar-refractivity contribution >= 4 is 39.1 Å². The third-order valence-corrected chi connectivity index (χ3v) is 7.43. The summed E-state index contributed by atoms with van der Waals surface area (Å²) in [6.45, 7) is 3.42. The average molecular weight is 510 g/mol. The summed E-state index contributed by atoms with van der Waals surface area (Å²) in [6.07, 6.45) is 0. The molecule has 0 bridgehead atoms. The lowest BCUT2D eigenvalue weighted by molar-refractivity contribution is -0.139. The van der Waals surface area contributed by atoms with Gasteiger partial charge in [-0.25, -0.2) is 8.42 Å². The van der Waals surface area contributed by atoms with Gasteiger partial charge in [-0.05, 0) is 43.7 Å². The molecule has 0 aliphatic carbocycles. The molecule has 9 nitrogen and oxygen atoms in total. The number of rotatable bonds is 9. The minimum absolute atomic E-state index is 0.0785. The maximum absolute atomic E-state index is 13.5. The van der Waals surface area contributed by atoms with Crippen LogP contribution in [0.5, 0.6) is 11.5 Å². The largest absolute Gasteiger partial charge is 0.486 e. The van der Waals surface area contributed by atoms with Crippen LogP contribution in [0, 0.1) is 0 Å². The summed E-state index contributed by atoms with van der Waals surface area (Å²) in [4.78, 5) is 27.2. The summed E-state index contributed by atoms with van der Waals surface area (Å²) in [5.41, 5.74) is 0.982. The maximum Gasteiger partial charge on any atom is 0.244 e. The number of hydrogen-bond acceptors (Lipinski definition) is 6. The second-order valence-electron chi connectivity index (χ2n) is 7.68. The Kier molecular flexibility index (Phi) is 8.27. The predicted octanol–water partition coefficient (Wildman–Crippen LogP) is 2.43. The van der Waals surface area contributed by atoms with Gasteiger partial charge >= 0.3 is 0 Å². The lowest BCUT2D eigenvalue weighted by Crippen LogP contribution is -2.51. The van der Waals surface area contributed by atoms with Gasteiger partial charge in [0.1, 0.15) is 25.8 Å². The van der Waals surface area contributed by atoms with Crippen LogP contribution in [-0.4, -0.2) is 63.7 Å². The highest BCUT2D eigenvalue weighted by molar-refractivity contribution is 7.92. The van der Waals surface area contributed by atoms with Crippen molar-refractivity contribution in [1.29, 1.82) is 0 Å². The van der Waals surface area contributed by atoms with E-state index in [1.165, 1.54) is 18.9 Å². The molecule has 0 spiro atoms. The third kappa shape index (κ3) is 5.92. The van der Waals surface area contributed by atoms with Crippen molar-refractivity contribution < 1.29 is 27.5 Å². The van der Waals surface area contributed by atoms with E-state index in [9.17, 15) is 18.0 Å². The van der Waals surface area contributed by atoms with E-state index < -0.39 is 28.5 Å². The van der Waals surface area contributed by atoms with Gasteiger partial charge in [0.2, 0.25) is 21.8 Å². The molecule has 11 heteroatoms. The van der Waals surface area contributed by atoms with Crippen molar-refractivity contribution in [3.63, 3.8) is 0 Å². The molecule has 184 valence electrons. The smallest absolute Gasteiger partial charge is 0.244 e. The van der Waals surface area contributed by atoms with Crippen molar-refractivity contribution in [1.82, 2.24) is 10.2 Å². The van der Waals surface area contributed by atoms with Gasteiger partial charge in [-0.2, -0.15) is 0 Å². The van der Waals surface area contributed by atoms with Gasteiger partial charge in [0.25, 0.3) is 0 Å². The first kappa shape index (κ1) is 25.6. The van der Waals surface area contributed by atoms with Crippen LogP contribution in [0.25, 0.3) is 0 Å². The molecule has 34 heavy (non-hydrogen) atoms. The topological polar surface area (TPSA) is 105 Å². The average Bonchev–Trinajstić information content (AvgIpc) is 2.84. The Morgan fingerprint density at radius 3 is 2.47 bits per heavy atom. The number of nitrogens with zero attached hydrogens (tertiary/aromatic N) is 2. The van der Waals surface area contributed by atoms with Crippen LogP contribution in [0.4, 0.5) is 5.69 Å². The van der Waals surface area contributed by atoms with E-state index in [-0.39, 0.29) is 23.9 Å². The van der Waals surface area contributed by atoms with E-state index in [2.05, 4.69) is 5.32 Å². The number of nitrogens with one attached hydrogen (secondary N) is 1. The van der Waals surface area contributed by atoms with Gasteiger partial charge < -0.3 is 19.7 Å². The molecule has 1 aliphatic heterocycles. The minimum Gasteiger partial charge on any atom is -0.486 e. The molecular formula is C23H28ClN3O6S. The summed E-state index contributed by atoms with van der Waals surface area (Å²) in [6, 6.07) is 10.8. The van der Waals surface area contributed by atoms with Crippen molar-refractivity contribution in [2.45, 2.75) is 26.4 Å². The van der Waals surface area contributed by atoms with E-state index in [0.717, 1.165) is 4.31 Å². The summed E-state index contributed by atoms with van der Waals surface area (Å²) in [5.74, 6) is -0.218. The number of halogens is 1. The Labute approximate surface area is 204 Å². The lowest BCUT2D eigenvalue weighted by Gasteiger charge is -2.32. The fourth-order valence-electron chi connectivity index (χ4n) is 3.53. The zero-order valence-corrected chi connectivity index (χ0v) is 20.9. The number of sulfonamides is 1. The fraction of sp³-hybridized carbons (Fsp3) is 0.391. The summed E-state index contributed by atoms with van der Waals surface area (Å²) >= 11 is 6.09. The zero-order chi connectivity index (χ0) is 24.9. The molecule has 1 atom stereocenters. The van der Waals surface area contributed by atoms with Crippen LogP contribution < -0.4 is 19.1 Å². The number of carbonyl (C=O) groups is 2. The van der Waals surface area contributed by atoms with Crippen LogP contribution in [0.15, 0.2) is 42.5 Å². The van der Waals surface area contributed by atoms with Gasteiger partial charge in [0, 0.05) is 24.7 Å². The maximum atomic E-state index is 13.5. The summed E-state index contributed by atoms with van der Waals surface area (Å²) in [5, 5.41) is 3.03. The number of benzene rings is 2. The molecule has 2 aromatic carbocycles. The molecule has 0 fully saturated rings. The molecular weight excluding hydrogens is 482 g/mol. The third-order valence-electron chi connectivity index (χ3n) is 5.45. The van der Waals surface area contributed by atoms with Gasteiger partial charge in [-0.3, -0.25) is 13.9 Å². The van der Waals surface area contributed by atoms with Gasteiger partial charge in [0.15, 0.2) is 11.5 Å². The molecule has 1 heterocycles. The molecule has 1 aliphatic rings. The summed E-state index contributed by atoms with van der Waals surface area (Å²) in [7, 11) is -2.36. The first-order chi connectivity index (χ1) is 16.2. The highest BCUT2D eigenvalue weighted by atomic mass is 35.5. The molecule has 0 saturated heterocycles. The Morgan fingerprint density at radius 2 is 1.82 bits per heavy atom. The lowest BCUT2D eigenvalue weighted by atomic mass is 10.1. The molecule has 0 saturated carbocycles. The number of amides is 2. The Balaban J connectivity index is 1.95. The Morgan fingerprint density at radius 1 is 1.12 bits per heavy atom. The van der Waals surface area contributed by atoms with Gasteiger partial charge in [-0.1, -0.05) is 23.7 Å². The number of hydrogen-bond donors (Lipinski definition) is 1. The van der Waals surface area contributed by atoms with Gasteiger partial charge in [-0.15, -0.1) is 0 Å². The number of fused-ring (bicyclic) bond motifs is 1. The predicted molar refractivity (Wildman–Crippen MR) is 130 cm³/mol. The molecule has 2 aromatic rings. The first-order valence-electron chi connectivity index (χ1n) is 10.8. The SMILES string of the molecule is CCS(=O)(=O)N(CC(=O)N(Cc1cccc(Cl)c1)[C@H](C)C(=O)NC)c1ccc2c(c1)OCCO2. The molecule has 3 rings (SSSR count). The quantitative estimate of drug-likeness (QED) is 0.556. The molecule has 1 N–H and O–H groups in total. The Hall–Kier alpha value is -2.98. The number of likely N-dealkylation sites (N-methyl/N-ethyl adjacent to an activating group) is 1. The van der Waals surface area contributed by atoms with E-state index in [4.69, 9.17) is 21.1 Å². The fourth-order valence-corrected chi connectivity index (χ4v) is 4.80. The van der Waals surface area contributed by atoms with Crippen molar-refractivity contribution in [3.8, 4) is 11.5 Å². The van der Waals surface area contributed by atoms with Crippen LogP contribution in [0.1, 0.15) is 19.4 Å². The molecule has 0 radical (unpaired) electrons. The normalized spacial score (nSPS) is 13.6. The first-order valence-corrected chi connectivity index (χ1v) is 12.8. The van der Waals surface area contributed by atoms with Crippen LogP contribution in [-0.2, 0) is 26.2 Å². The highest BCUT2D eigenvalue weighted by Crippen LogP contribution is 2.35. The second-order valence-corrected chi connectivity index (χ2v) is 10.3. The van der Waals surface area contributed by atoms with E-state index in [1.54, 1.807) is 49.4 Å².